The van der Waals surface area contributed by atoms with Gasteiger partial charge in [-0.15, -0.1) is 0 Å². The van der Waals surface area contributed by atoms with Gasteiger partial charge in [0, 0.05) is 12.2 Å². The first-order chi connectivity index (χ1) is 15.9. The van der Waals surface area contributed by atoms with Crippen LogP contribution in [0.3, 0.4) is 0 Å². The number of carbonyl (C=O) groups excluding carboxylic acids is 2. The molecule has 0 aliphatic rings. The largest absolute Gasteiger partial charge is 0.488 e. The first-order valence-electron chi connectivity index (χ1n) is 10.5. The fraction of sp³-hybridized carbons (Fsp3) is 0.280. The van der Waals surface area contributed by atoms with E-state index in [4.69, 9.17) is 19.3 Å². The minimum absolute atomic E-state index is 0.152. The number of aromatic nitrogens is 1. The Morgan fingerprint density at radius 3 is 2.48 bits per heavy atom. The molecule has 0 fully saturated rings. The average molecular weight is 447 g/mol. The van der Waals surface area contributed by atoms with Crippen LogP contribution in [0.4, 0.5) is 5.69 Å². The van der Waals surface area contributed by atoms with Crippen molar-refractivity contribution in [1.29, 1.82) is 5.26 Å². The van der Waals surface area contributed by atoms with Crippen molar-refractivity contribution in [3.05, 3.63) is 77.2 Å². The summed E-state index contributed by atoms with van der Waals surface area (Å²) in [4.78, 5) is 27.4. The van der Waals surface area contributed by atoms with E-state index in [9.17, 15) is 9.59 Å². The molecule has 170 valence electrons. The van der Waals surface area contributed by atoms with Crippen LogP contribution in [0, 0.1) is 25.2 Å². The number of anilines is 1. The molecule has 0 bridgehead atoms. The lowest BCUT2D eigenvalue weighted by Crippen LogP contribution is -2.40. The lowest BCUT2D eigenvalue weighted by Gasteiger charge is -2.25. The van der Waals surface area contributed by atoms with Crippen molar-refractivity contribution in [1.82, 2.24) is 5.16 Å². The summed E-state index contributed by atoms with van der Waals surface area (Å²) in [6, 6.07) is 17.7. The molecular formula is C25H25N3O5. The molecule has 0 aliphatic carbocycles. The fourth-order valence-electron chi connectivity index (χ4n) is 3.25. The molecule has 1 heterocycles. The van der Waals surface area contributed by atoms with E-state index in [1.807, 2.05) is 19.1 Å². The second-order valence-electron chi connectivity index (χ2n) is 7.37. The van der Waals surface area contributed by atoms with Crippen LogP contribution in [-0.2, 0) is 16.1 Å². The predicted molar refractivity (Wildman–Crippen MR) is 121 cm³/mol. The van der Waals surface area contributed by atoms with Crippen molar-refractivity contribution in [3.63, 3.8) is 0 Å². The van der Waals surface area contributed by atoms with Gasteiger partial charge in [-0.1, -0.05) is 35.5 Å². The monoisotopic (exact) mass is 447 g/mol. The SMILES string of the molecule is Cc1noc(C)c1COc1ccccc1C(=O)OC(C)C(=O)N(CCC#N)c1ccccc1. The fourth-order valence-corrected chi connectivity index (χ4v) is 3.25. The standard InChI is InChI=1S/C25H25N3O5/c1-17-22(18(2)33-27-17)16-31-23-13-8-7-12-21(23)25(30)32-19(3)24(29)28(15-9-14-26)20-10-5-4-6-11-20/h4-8,10-13,19H,9,15-16H2,1-3H3. The molecule has 8 heteroatoms. The van der Waals surface area contributed by atoms with Gasteiger partial charge in [0.05, 0.1) is 23.7 Å². The lowest BCUT2D eigenvalue weighted by atomic mass is 10.2. The molecule has 0 radical (unpaired) electrons. The van der Waals surface area contributed by atoms with Gasteiger partial charge in [-0.05, 0) is 45.0 Å². The molecule has 0 saturated heterocycles. The van der Waals surface area contributed by atoms with Gasteiger partial charge in [0.2, 0.25) is 0 Å². The second kappa shape index (κ2) is 11.0. The van der Waals surface area contributed by atoms with Crippen molar-refractivity contribution in [2.45, 2.75) is 39.9 Å². The maximum absolute atomic E-state index is 13.0. The van der Waals surface area contributed by atoms with Crippen molar-refractivity contribution in [3.8, 4) is 11.8 Å². The summed E-state index contributed by atoms with van der Waals surface area (Å²) < 4.78 is 16.5. The Kier molecular flexibility index (Phi) is 7.82. The molecule has 0 aliphatic heterocycles. The van der Waals surface area contributed by atoms with Gasteiger partial charge in [-0.3, -0.25) is 4.79 Å². The predicted octanol–water partition coefficient (Wildman–Crippen LogP) is 4.36. The molecule has 1 amide bonds. The van der Waals surface area contributed by atoms with Crippen LogP contribution in [0.2, 0.25) is 0 Å². The van der Waals surface area contributed by atoms with Crippen LogP contribution in [-0.4, -0.2) is 29.7 Å². The van der Waals surface area contributed by atoms with E-state index in [1.54, 1.807) is 55.5 Å². The molecule has 2 aromatic carbocycles. The highest BCUT2D eigenvalue weighted by molar-refractivity contribution is 5.99. The van der Waals surface area contributed by atoms with Gasteiger partial charge >= 0.3 is 5.97 Å². The van der Waals surface area contributed by atoms with Crippen LogP contribution in [0.25, 0.3) is 0 Å². The van der Waals surface area contributed by atoms with Crippen LogP contribution in [0.15, 0.2) is 59.1 Å². The Labute approximate surface area is 192 Å². The van der Waals surface area contributed by atoms with Crippen molar-refractivity contribution in [2.75, 3.05) is 11.4 Å². The van der Waals surface area contributed by atoms with Gasteiger partial charge in [0.1, 0.15) is 23.7 Å². The normalized spacial score (nSPS) is 11.3. The van der Waals surface area contributed by atoms with Gasteiger partial charge in [-0.25, -0.2) is 4.79 Å². The number of esters is 1. The molecular weight excluding hydrogens is 422 g/mol. The number of rotatable bonds is 9. The van der Waals surface area contributed by atoms with E-state index in [0.717, 1.165) is 5.56 Å². The molecule has 1 atom stereocenters. The van der Waals surface area contributed by atoms with E-state index in [2.05, 4.69) is 5.16 Å². The van der Waals surface area contributed by atoms with Gasteiger partial charge in [0.15, 0.2) is 6.10 Å². The van der Waals surface area contributed by atoms with Crippen LogP contribution in [0.1, 0.15) is 40.7 Å². The third-order valence-corrected chi connectivity index (χ3v) is 5.07. The molecule has 3 aromatic rings. The number of ether oxygens (including phenoxy) is 2. The van der Waals surface area contributed by atoms with E-state index in [-0.39, 0.29) is 25.1 Å². The highest BCUT2D eigenvalue weighted by Crippen LogP contribution is 2.23. The number of benzene rings is 2. The Morgan fingerprint density at radius 1 is 1.12 bits per heavy atom. The molecule has 3 rings (SSSR count). The minimum atomic E-state index is -1.06. The van der Waals surface area contributed by atoms with E-state index >= 15 is 0 Å². The lowest BCUT2D eigenvalue weighted by molar-refractivity contribution is -0.126. The number of amides is 1. The van der Waals surface area contributed by atoms with Crippen molar-refractivity contribution >= 4 is 17.6 Å². The molecule has 1 aromatic heterocycles. The topological polar surface area (TPSA) is 106 Å². The first-order valence-corrected chi connectivity index (χ1v) is 10.5. The van der Waals surface area contributed by atoms with Crippen LogP contribution < -0.4 is 9.64 Å². The zero-order chi connectivity index (χ0) is 23.8. The molecule has 8 nitrogen and oxygen atoms in total. The Morgan fingerprint density at radius 2 is 1.82 bits per heavy atom. The number of para-hydroxylation sites is 2. The Balaban J connectivity index is 1.72. The average Bonchev–Trinajstić information content (AvgIpc) is 3.15. The summed E-state index contributed by atoms with van der Waals surface area (Å²) in [7, 11) is 0. The molecule has 0 saturated carbocycles. The summed E-state index contributed by atoms with van der Waals surface area (Å²) in [5.41, 5.74) is 2.35. The molecule has 33 heavy (non-hydrogen) atoms. The zero-order valence-electron chi connectivity index (χ0n) is 18.8. The van der Waals surface area contributed by atoms with Crippen molar-refractivity contribution < 1.29 is 23.6 Å². The summed E-state index contributed by atoms with van der Waals surface area (Å²) in [6.07, 6.45) is -0.910. The van der Waals surface area contributed by atoms with Gasteiger partial charge in [-0.2, -0.15) is 5.26 Å². The summed E-state index contributed by atoms with van der Waals surface area (Å²) in [6.45, 7) is 5.48. The van der Waals surface area contributed by atoms with Crippen LogP contribution >= 0.6 is 0 Å². The maximum Gasteiger partial charge on any atom is 0.342 e. The second-order valence-corrected chi connectivity index (χ2v) is 7.37. The third-order valence-electron chi connectivity index (χ3n) is 5.07. The number of hydrogen-bond acceptors (Lipinski definition) is 7. The summed E-state index contributed by atoms with van der Waals surface area (Å²) in [5.74, 6) is -0.130. The minimum Gasteiger partial charge on any atom is -0.488 e. The summed E-state index contributed by atoms with van der Waals surface area (Å²) in [5, 5.41) is 12.9. The molecule has 0 N–H and O–H groups in total. The van der Waals surface area contributed by atoms with E-state index in [1.165, 1.54) is 11.8 Å². The van der Waals surface area contributed by atoms with Crippen molar-refractivity contribution in [2.24, 2.45) is 0 Å². The van der Waals surface area contributed by atoms with Gasteiger partial charge < -0.3 is 18.9 Å². The van der Waals surface area contributed by atoms with Crippen LogP contribution in [0.5, 0.6) is 5.75 Å². The summed E-state index contributed by atoms with van der Waals surface area (Å²) >= 11 is 0. The number of hydrogen-bond donors (Lipinski definition) is 0. The first kappa shape index (κ1) is 23.5. The van der Waals surface area contributed by atoms with E-state index < -0.39 is 18.0 Å². The Hall–Kier alpha value is -4.12. The highest BCUT2D eigenvalue weighted by Gasteiger charge is 2.26. The molecule has 1 unspecified atom stereocenters. The molecule has 0 spiro atoms. The van der Waals surface area contributed by atoms with E-state index in [0.29, 0.717) is 22.9 Å². The smallest absolute Gasteiger partial charge is 0.342 e. The quantitative estimate of drug-likeness (QED) is 0.449. The highest BCUT2D eigenvalue weighted by atomic mass is 16.6. The maximum atomic E-state index is 13.0. The number of nitriles is 1. The number of carbonyl (C=O) groups is 2. The zero-order valence-corrected chi connectivity index (χ0v) is 18.8. The number of nitrogens with zero attached hydrogens (tertiary/aromatic N) is 3. The third kappa shape index (κ3) is 5.77. The van der Waals surface area contributed by atoms with Gasteiger partial charge in [0.25, 0.3) is 5.91 Å². The Bertz CT molecular complexity index is 1130. The number of aryl methyl sites for hydroxylation is 2.